The minimum Gasteiger partial charge on any atom is -0.341 e. The molecule has 0 bridgehead atoms. The summed E-state index contributed by atoms with van der Waals surface area (Å²) in [5, 5.41) is 7.94. The van der Waals surface area contributed by atoms with Crippen molar-refractivity contribution in [1.82, 2.24) is 20.1 Å². The van der Waals surface area contributed by atoms with Gasteiger partial charge in [-0.2, -0.15) is 5.10 Å². The summed E-state index contributed by atoms with van der Waals surface area (Å²) in [5.41, 5.74) is 2.35. The van der Waals surface area contributed by atoms with Crippen molar-refractivity contribution in [2.75, 3.05) is 0 Å². The molecule has 3 aromatic rings. The molecule has 5 nitrogen and oxygen atoms in total. The average molecular weight is 355 g/mol. The van der Waals surface area contributed by atoms with Gasteiger partial charge in [0.15, 0.2) is 0 Å². The second kappa shape index (κ2) is 7.49. The number of pyridine rings is 1. The van der Waals surface area contributed by atoms with Crippen molar-refractivity contribution in [3.05, 3.63) is 82.9 Å². The lowest BCUT2D eigenvalue weighted by atomic mass is 10.00. The molecule has 0 spiro atoms. The monoisotopic (exact) mass is 354 g/mol. The number of carbonyl (C=O) groups is 1. The fourth-order valence-corrected chi connectivity index (χ4v) is 2.64. The maximum absolute atomic E-state index is 12.7. The lowest BCUT2D eigenvalue weighted by Gasteiger charge is -2.19. The van der Waals surface area contributed by atoms with E-state index in [9.17, 15) is 4.79 Å². The molecule has 0 fully saturated rings. The Morgan fingerprint density at radius 3 is 2.48 bits per heavy atom. The van der Waals surface area contributed by atoms with E-state index in [2.05, 4.69) is 15.4 Å². The van der Waals surface area contributed by atoms with Crippen LogP contribution in [0.1, 0.15) is 47.4 Å². The Balaban J connectivity index is 1.89. The molecule has 0 aliphatic rings. The number of rotatable bonds is 5. The third kappa shape index (κ3) is 4.06. The van der Waals surface area contributed by atoms with Crippen molar-refractivity contribution in [3.8, 4) is 0 Å². The highest BCUT2D eigenvalue weighted by Crippen LogP contribution is 2.23. The van der Waals surface area contributed by atoms with Gasteiger partial charge < -0.3 is 5.32 Å². The zero-order valence-corrected chi connectivity index (χ0v) is 14.8. The largest absolute Gasteiger partial charge is 0.341 e. The van der Waals surface area contributed by atoms with Gasteiger partial charge in [-0.3, -0.25) is 14.5 Å². The number of nitrogens with zero attached hydrogens (tertiary/aromatic N) is 3. The van der Waals surface area contributed by atoms with E-state index in [1.54, 1.807) is 29.5 Å². The predicted octanol–water partition coefficient (Wildman–Crippen LogP) is 4.03. The summed E-state index contributed by atoms with van der Waals surface area (Å²) in [4.78, 5) is 16.9. The number of carbonyl (C=O) groups excluding carboxylic acids is 1. The highest BCUT2D eigenvalue weighted by Gasteiger charge is 2.19. The first-order valence-electron chi connectivity index (χ1n) is 8.05. The Kier molecular flexibility index (Phi) is 5.14. The lowest BCUT2D eigenvalue weighted by molar-refractivity contribution is 0.0943. The molecule has 2 aromatic heterocycles. The number of hydrogen-bond acceptors (Lipinski definition) is 3. The molecule has 3 rings (SSSR count). The maximum Gasteiger partial charge on any atom is 0.255 e. The standard InChI is InChI=1S/C19H19ClN4O/c1-13(2)24-12-16(11-22-24)19(25)23-18(15-4-3-9-21-10-15)14-5-7-17(20)8-6-14/h3-13,18H,1-2H3,(H,23,25)/t18-/m0/s1. The van der Waals surface area contributed by atoms with E-state index in [0.717, 1.165) is 11.1 Å². The number of benzene rings is 1. The summed E-state index contributed by atoms with van der Waals surface area (Å²) >= 11 is 5.99. The molecule has 0 saturated heterocycles. The van der Waals surface area contributed by atoms with Crippen LogP contribution in [0.15, 0.2) is 61.2 Å². The molecule has 25 heavy (non-hydrogen) atoms. The van der Waals surface area contributed by atoms with Gasteiger partial charge in [0.1, 0.15) is 0 Å². The van der Waals surface area contributed by atoms with E-state index in [0.29, 0.717) is 10.6 Å². The molecular formula is C19H19ClN4O. The lowest BCUT2D eigenvalue weighted by Crippen LogP contribution is -2.29. The van der Waals surface area contributed by atoms with Crippen LogP contribution in [0.2, 0.25) is 5.02 Å². The van der Waals surface area contributed by atoms with Crippen molar-refractivity contribution in [2.45, 2.75) is 25.9 Å². The van der Waals surface area contributed by atoms with Crippen molar-refractivity contribution in [2.24, 2.45) is 0 Å². The maximum atomic E-state index is 12.7. The van der Waals surface area contributed by atoms with Gasteiger partial charge in [0.25, 0.3) is 5.91 Å². The van der Waals surface area contributed by atoms with E-state index in [1.165, 1.54) is 0 Å². The summed E-state index contributed by atoms with van der Waals surface area (Å²) in [6, 6.07) is 11.1. The molecule has 1 N–H and O–H groups in total. The van der Waals surface area contributed by atoms with Crippen LogP contribution in [0, 0.1) is 0 Å². The Labute approximate surface area is 151 Å². The topological polar surface area (TPSA) is 59.8 Å². The van der Waals surface area contributed by atoms with Crippen LogP contribution in [0.5, 0.6) is 0 Å². The first kappa shape index (κ1) is 17.2. The van der Waals surface area contributed by atoms with E-state index < -0.39 is 0 Å². The first-order chi connectivity index (χ1) is 12.0. The quantitative estimate of drug-likeness (QED) is 0.752. The number of aromatic nitrogens is 3. The van der Waals surface area contributed by atoms with Crippen LogP contribution >= 0.6 is 11.6 Å². The molecule has 1 aromatic carbocycles. The van der Waals surface area contributed by atoms with Crippen LogP contribution in [-0.2, 0) is 0 Å². The summed E-state index contributed by atoms with van der Waals surface area (Å²) in [7, 11) is 0. The Hall–Kier alpha value is -2.66. The van der Waals surface area contributed by atoms with Crippen LogP contribution in [0.4, 0.5) is 0 Å². The Bertz CT molecular complexity index is 843. The van der Waals surface area contributed by atoms with Crippen LogP contribution in [0.25, 0.3) is 0 Å². The van der Waals surface area contributed by atoms with Gasteiger partial charge in [0.05, 0.1) is 17.8 Å². The molecule has 0 radical (unpaired) electrons. The SMILES string of the molecule is CC(C)n1cc(C(=O)N[C@@H](c2ccc(Cl)cc2)c2cccnc2)cn1. The molecule has 0 unspecified atom stereocenters. The molecule has 1 atom stereocenters. The second-order valence-electron chi connectivity index (χ2n) is 6.05. The zero-order chi connectivity index (χ0) is 17.8. The zero-order valence-electron chi connectivity index (χ0n) is 14.1. The van der Waals surface area contributed by atoms with Crippen LogP contribution in [-0.4, -0.2) is 20.7 Å². The molecule has 6 heteroatoms. The van der Waals surface area contributed by atoms with Crippen molar-refractivity contribution in [3.63, 3.8) is 0 Å². The van der Waals surface area contributed by atoms with Crippen molar-refractivity contribution < 1.29 is 4.79 Å². The molecule has 128 valence electrons. The number of nitrogens with one attached hydrogen (secondary N) is 1. The van der Waals surface area contributed by atoms with Crippen molar-refractivity contribution in [1.29, 1.82) is 0 Å². The third-order valence-electron chi connectivity index (χ3n) is 3.89. The van der Waals surface area contributed by atoms with E-state index >= 15 is 0 Å². The van der Waals surface area contributed by atoms with Gasteiger partial charge in [0, 0.05) is 29.7 Å². The van der Waals surface area contributed by atoms with E-state index in [1.807, 2.05) is 50.2 Å². The molecular weight excluding hydrogens is 336 g/mol. The van der Waals surface area contributed by atoms with E-state index in [4.69, 9.17) is 11.6 Å². The molecule has 2 heterocycles. The number of amides is 1. The molecule has 0 aliphatic carbocycles. The molecule has 0 aliphatic heterocycles. The fraction of sp³-hybridized carbons (Fsp3) is 0.211. The van der Waals surface area contributed by atoms with Crippen LogP contribution < -0.4 is 5.32 Å². The van der Waals surface area contributed by atoms with Gasteiger partial charge in [-0.15, -0.1) is 0 Å². The summed E-state index contributed by atoms with van der Waals surface area (Å²) in [6.45, 7) is 4.03. The van der Waals surface area contributed by atoms with Gasteiger partial charge in [-0.05, 0) is 43.2 Å². The summed E-state index contributed by atoms with van der Waals surface area (Å²) in [5.74, 6) is -0.185. The molecule has 1 amide bonds. The fourth-order valence-electron chi connectivity index (χ4n) is 2.51. The minimum atomic E-state index is -0.319. The number of hydrogen-bond donors (Lipinski definition) is 1. The summed E-state index contributed by atoms with van der Waals surface area (Å²) in [6.07, 6.45) is 6.79. The Morgan fingerprint density at radius 1 is 1.12 bits per heavy atom. The second-order valence-corrected chi connectivity index (χ2v) is 6.48. The van der Waals surface area contributed by atoms with Crippen molar-refractivity contribution >= 4 is 17.5 Å². The number of halogens is 1. The highest BCUT2D eigenvalue weighted by atomic mass is 35.5. The van der Waals surface area contributed by atoms with Gasteiger partial charge in [-0.25, -0.2) is 0 Å². The third-order valence-corrected chi connectivity index (χ3v) is 4.14. The van der Waals surface area contributed by atoms with Gasteiger partial charge in [-0.1, -0.05) is 29.8 Å². The normalized spacial score (nSPS) is 12.2. The average Bonchev–Trinajstić information content (AvgIpc) is 3.12. The van der Waals surface area contributed by atoms with E-state index in [-0.39, 0.29) is 18.0 Å². The molecule has 0 saturated carbocycles. The van der Waals surface area contributed by atoms with Gasteiger partial charge in [0.2, 0.25) is 0 Å². The predicted molar refractivity (Wildman–Crippen MR) is 97.6 cm³/mol. The smallest absolute Gasteiger partial charge is 0.255 e. The Morgan fingerprint density at radius 2 is 1.88 bits per heavy atom. The first-order valence-corrected chi connectivity index (χ1v) is 8.43. The van der Waals surface area contributed by atoms with Gasteiger partial charge >= 0.3 is 0 Å². The van der Waals surface area contributed by atoms with Crippen LogP contribution in [0.3, 0.4) is 0 Å². The summed E-state index contributed by atoms with van der Waals surface area (Å²) < 4.78 is 1.76. The minimum absolute atomic E-state index is 0.185. The highest BCUT2D eigenvalue weighted by molar-refractivity contribution is 6.30.